The fourth-order valence-electron chi connectivity index (χ4n) is 0.961. The summed E-state index contributed by atoms with van der Waals surface area (Å²) in [6.07, 6.45) is -0.269. The highest BCUT2D eigenvalue weighted by Gasteiger charge is 2.11. The van der Waals surface area contributed by atoms with Gasteiger partial charge in [0.1, 0.15) is 6.17 Å². The zero-order chi connectivity index (χ0) is 8.97. The van der Waals surface area contributed by atoms with E-state index in [-0.39, 0.29) is 6.17 Å². The van der Waals surface area contributed by atoms with Gasteiger partial charge in [-0.05, 0) is 5.56 Å². The third kappa shape index (κ3) is 2.20. The Hall–Kier alpha value is -0.590. The van der Waals surface area contributed by atoms with Crippen LogP contribution < -0.4 is 17.1 Å². The molecule has 0 aliphatic rings. The van der Waals surface area contributed by atoms with E-state index < -0.39 is 0 Å². The van der Waals surface area contributed by atoms with Crippen LogP contribution in [0.3, 0.4) is 0 Å². The van der Waals surface area contributed by atoms with Crippen molar-refractivity contribution in [3.63, 3.8) is 0 Å². The number of hydrazine groups is 2. The number of rotatable bonds is 3. The summed E-state index contributed by atoms with van der Waals surface area (Å²) in [6, 6.07) is 9.59. The van der Waals surface area contributed by atoms with E-state index >= 15 is 0 Å². The Kier molecular flexibility index (Phi) is 3.51. The quantitative estimate of drug-likeness (QED) is 0.234. The maximum Gasteiger partial charge on any atom is 0.122 e. The van der Waals surface area contributed by atoms with Crippen molar-refractivity contribution in [1.29, 1.82) is 0 Å². The zero-order valence-corrected chi connectivity index (χ0v) is 7.41. The van der Waals surface area contributed by atoms with E-state index in [2.05, 4.69) is 18.2 Å². The van der Waals surface area contributed by atoms with Crippen LogP contribution in [0.5, 0.6) is 0 Å². The average molecular weight is 184 g/mol. The number of hydrogen-bond acceptors (Lipinski definition) is 5. The Bertz CT molecular complexity index is 226. The van der Waals surface area contributed by atoms with E-state index in [1.807, 2.05) is 30.3 Å². The van der Waals surface area contributed by atoms with Crippen molar-refractivity contribution < 1.29 is 0 Å². The lowest BCUT2D eigenvalue weighted by Gasteiger charge is -2.21. The standard InChI is InChI=1S/C7H12N4S/c8-10-7(11(9)12)6-4-2-1-3-5-6/h1-5,7,10,12H,8-9H2. The fourth-order valence-corrected chi connectivity index (χ4v) is 1.16. The van der Waals surface area contributed by atoms with Crippen molar-refractivity contribution in [1.82, 2.24) is 9.84 Å². The van der Waals surface area contributed by atoms with E-state index in [0.29, 0.717) is 0 Å². The molecule has 1 rings (SSSR count). The van der Waals surface area contributed by atoms with Crippen molar-refractivity contribution in [2.75, 3.05) is 0 Å². The van der Waals surface area contributed by atoms with Gasteiger partial charge in [0.15, 0.2) is 0 Å². The SMILES string of the molecule is NNC(c1ccccc1)N(N)S. The Labute approximate surface area is 77.0 Å². The van der Waals surface area contributed by atoms with Gasteiger partial charge in [0.25, 0.3) is 0 Å². The zero-order valence-electron chi connectivity index (χ0n) is 6.51. The van der Waals surface area contributed by atoms with Gasteiger partial charge in [0.2, 0.25) is 0 Å². The fraction of sp³-hybridized carbons (Fsp3) is 0.143. The molecule has 0 fully saturated rings. The lowest BCUT2D eigenvalue weighted by molar-refractivity contribution is 0.319. The molecule has 1 aromatic carbocycles. The van der Waals surface area contributed by atoms with Crippen molar-refractivity contribution in [3.05, 3.63) is 35.9 Å². The van der Waals surface area contributed by atoms with E-state index in [9.17, 15) is 0 Å². The largest absolute Gasteiger partial charge is 0.270 e. The predicted molar refractivity (Wildman–Crippen MR) is 51.5 cm³/mol. The van der Waals surface area contributed by atoms with Crippen LogP contribution in [0.25, 0.3) is 0 Å². The molecule has 0 aromatic heterocycles. The molecular formula is C7H12N4S. The number of nitrogens with one attached hydrogen (secondary N) is 1. The second-order valence-electron chi connectivity index (χ2n) is 2.36. The molecule has 0 heterocycles. The van der Waals surface area contributed by atoms with E-state index in [1.165, 1.54) is 4.41 Å². The van der Waals surface area contributed by atoms with Gasteiger partial charge in [0, 0.05) is 0 Å². The van der Waals surface area contributed by atoms with Crippen LogP contribution in [0, 0.1) is 0 Å². The molecule has 0 bridgehead atoms. The monoisotopic (exact) mass is 184 g/mol. The number of thiol groups is 1. The molecule has 0 saturated carbocycles. The molecule has 0 radical (unpaired) electrons. The Morgan fingerprint density at radius 2 is 1.92 bits per heavy atom. The van der Waals surface area contributed by atoms with Crippen LogP contribution in [-0.2, 0) is 0 Å². The predicted octanol–water partition coefficient (Wildman–Crippen LogP) is 0.169. The molecule has 5 heteroatoms. The molecule has 12 heavy (non-hydrogen) atoms. The molecular weight excluding hydrogens is 172 g/mol. The summed E-state index contributed by atoms with van der Waals surface area (Å²) in [5, 5.41) is 0. The number of hydrogen-bond donors (Lipinski definition) is 4. The minimum atomic E-state index is -0.269. The van der Waals surface area contributed by atoms with Gasteiger partial charge < -0.3 is 0 Å². The molecule has 1 atom stereocenters. The summed E-state index contributed by atoms with van der Waals surface area (Å²) < 4.78 is 1.22. The Balaban J connectivity index is 2.80. The molecule has 0 spiro atoms. The second-order valence-corrected chi connectivity index (χ2v) is 2.82. The summed E-state index contributed by atoms with van der Waals surface area (Å²) in [6.45, 7) is 0. The molecule has 0 aliphatic carbocycles. The highest BCUT2D eigenvalue weighted by molar-refractivity contribution is 7.77. The molecule has 5 N–H and O–H groups in total. The highest BCUT2D eigenvalue weighted by Crippen LogP contribution is 2.14. The molecule has 0 aliphatic heterocycles. The first-order chi connectivity index (χ1) is 5.75. The van der Waals surface area contributed by atoms with Crippen LogP contribution in [-0.4, -0.2) is 4.41 Å². The molecule has 4 nitrogen and oxygen atoms in total. The summed E-state index contributed by atoms with van der Waals surface area (Å²) in [5.41, 5.74) is 3.51. The lowest BCUT2D eigenvalue weighted by atomic mass is 10.2. The minimum Gasteiger partial charge on any atom is -0.270 e. The summed E-state index contributed by atoms with van der Waals surface area (Å²) in [4.78, 5) is 0. The first-order valence-electron chi connectivity index (χ1n) is 3.49. The lowest BCUT2D eigenvalue weighted by Crippen LogP contribution is -2.40. The van der Waals surface area contributed by atoms with Gasteiger partial charge >= 0.3 is 0 Å². The highest BCUT2D eigenvalue weighted by atomic mass is 32.1. The van der Waals surface area contributed by atoms with E-state index in [4.69, 9.17) is 11.7 Å². The molecule has 1 unspecified atom stereocenters. The first-order valence-corrected chi connectivity index (χ1v) is 3.89. The maximum absolute atomic E-state index is 5.43. The van der Waals surface area contributed by atoms with Gasteiger partial charge in [-0.3, -0.25) is 11.7 Å². The third-order valence-corrected chi connectivity index (χ3v) is 1.77. The number of benzene rings is 1. The first kappa shape index (κ1) is 9.50. The van der Waals surface area contributed by atoms with Gasteiger partial charge in [-0.15, -0.1) is 0 Å². The second kappa shape index (κ2) is 4.44. The van der Waals surface area contributed by atoms with Gasteiger partial charge in [-0.25, -0.2) is 5.43 Å². The van der Waals surface area contributed by atoms with Crippen molar-refractivity contribution in [2.45, 2.75) is 6.17 Å². The smallest absolute Gasteiger partial charge is 0.122 e. The van der Waals surface area contributed by atoms with Crippen molar-refractivity contribution >= 4 is 12.8 Å². The Morgan fingerprint density at radius 1 is 1.33 bits per heavy atom. The van der Waals surface area contributed by atoms with Crippen LogP contribution >= 0.6 is 12.8 Å². The van der Waals surface area contributed by atoms with E-state index in [1.54, 1.807) is 0 Å². The summed E-state index contributed by atoms with van der Waals surface area (Å²) >= 11 is 3.95. The minimum absolute atomic E-state index is 0.269. The van der Waals surface area contributed by atoms with Crippen LogP contribution in [0.2, 0.25) is 0 Å². The number of nitrogens with zero attached hydrogens (tertiary/aromatic N) is 1. The van der Waals surface area contributed by atoms with Crippen LogP contribution in [0.1, 0.15) is 11.7 Å². The summed E-state index contributed by atoms with van der Waals surface area (Å²) in [5.74, 6) is 10.7. The third-order valence-electron chi connectivity index (χ3n) is 1.54. The van der Waals surface area contributed by atoms with Crippen LogP contribution in [0.15, 0.2) is 30.3 Å². The average Bonchev–Trinajstić information content (AvgIpc) is 2.07. The van der Waals surface area contributed by atoms with Crippen molar-refractivity contribution in [3.8, 4) is 0 Å². The summed E-state index contributed by atoms with van der Waals surface area (Å²) in [7, 11) is 0. The van der Waals surface area contributed by atoms with E-state index in [0.717, 1.165) is 5.56 Å². The normalized spacial score (nSPS) is 13.3. The molecule has 1 aromatic rings. The maximum atomic E-state index is 5.43. The van der Waals surface area contributed by atoms with Crippen LogP contribution in [0.4, 0.5) is 0 Å². The molecule has 66 valence electrons. The molecule has 0 saturated heterocycles. The van der Waals surface area contributed by atoms with Gasteiger partial charge in [-0.1, -0.05) is 43.1 Å². The van der Waals surface area contributed by atoms with Gasteiger partial charge in [0.05, 0.1) is 0 Å². The van der Waals surface area contributed by atoms with Gasteiger partial charge in [-0.2, -0.15) is 4.41 Å². The number of nitrogens with two attached hydrogens (primary N) is 2. The molecule has 0 amide bonds. The topological polar surface area (TPSA) is 67.3 Å². The Morgan fingerprint density at radius 3 is 2.33 bits per heavy atom. The van der Waals surface area contributed by atoms with Crippen molar-refractivity contribution in [2.24, 2.45) is 11.7 Å².